The zero-order valence-corrected chi connectivity index (χ0v) is 35.7. The molecule has 3 aromatic carbocycles. The summed E-state index contributed by atoms with van der Waals surface area (Å²) < 4.78 is 11.3. The van der Waals surface area contributed by atoms with Gasteiger partial charge in [-0.15, -0.1) is 0 Å². The number of ether oxygens (including phenoxy) is 1. The van der Waals surface area contributed by atoms with Crippen molar-refractivity contribution in [1.29, 1.82) is 0 Å². The molecule has 3 amide bonds. The van der Waals surface area contributed by atoms with Crippen LogP contribution < -0.4 is 20.3 Å². The van der Waals surface area contributed by atoms with Crippen molar-refractivity contribution in [2.75, 3.05) is 44.7 Å². The smallest absolute Gasteiger partial charge is 0.315 e. The lowest BCUT2D eigenvalue weighted by Crippen LogP contribution is -2.49. The first kappa shape index (κ1) is 40.3. The number of anilines is 1. The SMILES string of the molecule is COc1cc2c(cc1N1CCN(CC3CC(c4ccc(C5CCC(=O)NC5=O)cc4)C3)CC1)[nH]c1ncnc(-c3ccc([C@@H](C)NC(=O)c4nc(C(C)(C)C)no4)c(C)c3)c12. The van der Waals surface area contributed by atoms with Gasteiger partial charge in [0.25, 0.3) is 0 Å². The van der Waals surface area contributed by atoms with E-state index in [1.165, 1.54) is 18.4 Å². The number of nitrogens with zero attached hydrogens (tertiary/aromatic N) is 6. The standard InChI is InChI=1S/C47H53N9O5/c1-26-19-31(11-12-33(26)27(2)50-44(59)45-53-46(54-61-45)47(3,4)5)41-40-35-22-38(60-6)37(23-36(35)51-42(40)49-25-48-41)56-17-15-55(16-18-56)24-28-20-32(21-28)29-7-9-30(10-8-29)34-13-14-39(57)52-43(34)58/h7-12,19,22-23,25,27-28,32,34H,13-18,20-21,24H2,1-6H3,(H,50,59)(H,48,49,51)(H,52,57,58)/t27-,28?,32?,34?/m1/s1. The van der Waals surface area contributed by atoms with Crippen molar-refractivity contribution in [2.45, 2.75) is 83.6 Å². The quantitative estimate of drug-likeness (QED) is 0.120. The Bertz CT molecular complexity index is 2630. The second-order valence-electron chi connectivity index (χ2n) is 18.1. The van der Waals surface area contributed by atoms with Crippen molar-refractivity contribution < 1.29 is 23.6 Å². The third-order valence-electron chi connectivity index (χ3n) is 12.9. The van der Waals surface area contributed by atoms with Gasteiger partial charge in [0.15, 0.2) is 5.82 Å². The third kappa shape index (κ3) is 7.96. The first-order valence-electron chi connectivity index (χ1n) is 21.3. The number of fused-ring (bicyclic) bond motifs is 3. The third-order valence-corrected chi connectivity index (χ3v) is 12.9. The Morgan fingerprint density at radius 3 is 2.44 bits per heavy atom. The Balaban J connectivity index is 0.840. The number of rotatable bonds is 10. The van der Waals surface area contributed by atoms with Gasteiger partial charge in [-0.05, 0) is 85.4 Å². The molecule has 3 fully saturated rings. The van der Waals surface area contributed by atoms with Crippen molar-refractivity contribution in [3.05, 3.63) is 94.9 Å². The Labute approximate surface area is 354 Å². The molecule has 6 aromatic rings. The van der Waals surface area contributed by atoms with Gasteiger partial charge in [-0.2, -0.15) is 4.98 Å². The summed E-state index contributed by atoms with van der Waals surface area (Å²) in [6.45, 7) is 14.8. The monoisotopic (exact) mass is 823 g/mol. The Morgan fingerprint density at radius 1 is 1.00 bits per heavy atom. The maximum atomic E-state index is 13.0. The number of piperazine rings is 1. The highest BCUT2D eigenvalue weighted by atomic mass is 16.5. The van der Waals surface area contributed by atoms with Crippen LogP contribution in [0.4, 0.5) is 5.69 Å². The number of benzene rings is 3. The molecule has 1 saturated carbocycles. The van der Waals surface area contributed by atoms with Crippen LogP contribution in [-0.4, -0.2) is 87.5 Å². The number of aryl methyl sites for hydroxylation is 1. The van der Waals surface area contributed by atoms with Gasteiger partial charge in [0.2, 0.25) is 11.8 Å². The fraction of sp³-hybridized carbons (Fsp3) is 0.426. The zero-order chi connectivity index (χ0) is 42.6. The largest absolute Gasteiger partial charge is 0.495 e. The predicted molar refractivity (Wildman–Crippen MR) is 233 cm³/mol. The van der Waals surface area contributed by atoms with Crippen LogP contribution in [0.3, 0.4) is 0 Å². The summed E-state index contributed by atoms with van der Waals surface area (Å²) in [6, 6.07) is 18.7. The van der Waals surface area contributed by atoms with Crippen LogP contribution in [-0.2, 0) is 15.0 Å². The van der Waals surface area contributed by atoms with Gasteiger partial charge in [0.1, 0.15) is 17.7 Å². The molecular weight excluding hydrogens is 771 g/mol. The molecule has 3 aromatic heterocycles. The molecule has 2 aliphatic heterocycles. The fourth-order valence-corrected chi connectivity index (χ4v) is 9.34. The summed E-state index contributed by atoms with van der Waals surface area (Å²) >= 11 is 0. The van der Waals surface area contributed by atoms with Gasteiger partial charge < -0.3 is 24.5 Å². The summed E-state index contributed by atoms with van der Waals surface area (Å²) in [6.07, 6.45) is 4.92. The summed E-state index contributed by atoms with van der Waals surface area (Å²) in [7, 11) is 1.73. The topological polar surface area (TPSA) is 171 Å². The van der Waals surface area contributed by atoms with Crippen LogP contribution in [0.25, 0.3) is 33.2 Å². The maximum absolute atomic E-state index is 13.0. The van der Waals surface area contributed by atoms with E-state index in [0.717, 1.165) is 94.0 Å². The van der Waals surface area contributed by atoms with Crippen molar-refractivity contribution in [1.82, 2.24) is 40.6 Å². The van der Waals surface area contributed by atoms with Crippen LogP contribution in [0.1, 0.15) is 110 Å². The predicted octanol–water partition coefficient (Wildman–Crippen LogP) is 7.10. The first-order valence-corrected chi connectivity index (χ1v) is 21.3. The van der Waals surface area contributed by atoms with Crippen molar-refractivity contribution in [3.8, 4) is 17.0 Å². The van der Waals surface area contributed by atoms with Gasteiger partial charge in [0, 0.05) is 55.5 Å². The zero-order valence-electron chi connectivity index (χ0n) is 35.7. The lowest BCUT2D eigenvalue weighted by Gasteiger charge is -2.42. The molecule has 61 heavy (non-hydrogen) atoms. The highest BCUT2D eigenvalue weighted by Gasteiger charge is 2.34. The minimum atomic E-state index is -0.414. The highest BCUT2D eigenvalue weighted by molar-refractivity contribution is 6.13. The van der Waals surface area contributed by atoms with E-state index in [0.29, 0.717) is 30.5 Å². The number of imide groups is 1. The molecule has 14 nitrogen and oxygen atoms in total. The van der Waals surface area contributed by atoms with E-state index in [4.69, 9.17) is 14.2 Å². The van der Waals surface area contributed by atoms with E-state index in [9.17, 15) is 14.4 Å². The number of H-pyrrole nitrogens is 1. The minimum Gasteiger partial charge on any atom is -0.495 e. The number of carbonyl (C=O) groups excluding carboxylic acids is 3. The fourth-order valence-electron chi connectivity index (χ4n) is 9.34. The molecule has 316 valence electrons. The number of nitrogens with one attached hydrogen (secondary N) is 3. The van der Waals surface area contributed by atoms with Crippen molar-refractivity contribution in [3.63, 3.8) is 0 Å². The van der Waals surface area contributed by atoms with Gasteiger partial charge in [-0.25, -0.2) is 9.97 Å². The van der Waals surface area contributed by atoms with Gasteiger partial charge in [0.05, 0.1) is 41.4 Å². The molecule has 14 heteroatoms. The number of amides is 3. The second-order valence-corrected chi connectivity index (χ2v) is 18.1. The Hall–Kier alpha value is -6.15. The number of hydrogen-bond acceptors (Lipinski definition) is 11. The second kappa shape index (κ2) is 16.0. The summed E-state index contributed by atoms with van der Waals surface area (Å²) in [5.74, 6) is 1.46. The van der Waals surface area contributed by atoms with E-state index in [1.54, 1.807) is 13.4 Å². The van der Waals surface area contributed by atoms with Gasteiger partial charge in [-0.1, -0.05) is 62.3 Å². The van der Waals surface area contributed by atoms with Crippen LogP contribution in [0.15, 0.2) is 65.4 Å². The molecule has 1 unspecified atom stereocenters. The van der Waals surface area contributed by atoms with Crippen molar-refractivity contribution in [2.24, 2.45) is 5.92 Å². The molecule has 3 N–H and O–H groups in total. The molecule has 0 radical (unpaired) electrons. The molecule has 0 spiro atoms. The van der Waals surface area contributed by atoms with E-state index in [-0.39, 0.29) is 35.1 Å². The average Bonchev–Trinajstić information content (AvgIpc) is 3.88. The molecule has 2 saturated heterocycles. The molecule has 2 atom stereocenters. The molecule has 0 bridgehead atoms. The van der Waals surface area contributed by atoms with Crippen LogP contribution in [0, 0.1) is 12.8 Å². The lowest BCUT2D eigenvalue weighted by molar-refractivity contribution is -0.134. The molecule has 3 aliphatic rings. The highest BCUT2D eigenvalue weighted by Crippen LogP contribution is 2.43. The van der Waals surface area contributed by atoms with E-state index < -0.39 is 5.91 Å². The number of aromatic amines is 1. The number of carbonyl (C=O) groups is 3. The maximum Gasteiger partial charge on any atom is 0.315 e. The number of aromatic nitrogens is 5. The van der Waals surface area contributed by atoms with E-state index >= 15 is 0 Å². The number of hydrogen-bond donors (Lipinski definition) is 3. The Kier molecular flexibility index (Phi) is 10.6. The normalized spacial score (nSPS) is 20.4. The van der Waals surface area contributed by atoms with Crippen LogP contribution in [0.2, 0.25) is 0 Å². The van der Waals surface area contributed by atoms with Crippen LogP contribution >= 0.6 is 0 Å². The lowest BCUT2D eigenvalue weighted by atomic mass is 9.71. The van der Waals surface area contributed by atoms with Crippen molar-refractivity contribution >= 4 is 45.3 Å². The van der Waals surface area contributed by atoms with E-state index in [2.05, 4.69) is 83.0 Å². The molecule has 1 aliphatic carbocycles. The average molecular weight is 824 g/mol. The first-order chi connectivity index (χ1) is 29.3. The summed E-state index contributed by atoms with van der Waals surface area (Å²) in [5, 5.41) is 11.4. The molecule has 9 rings (SSSR count). The minimum absolute atomic E-state index is 0.0523. The van der Waals surface area contributed by atoms with Gasteiger partial charge >= 0.3 is 11.8 Å². The van der Waals surface area contributed by atoms with Gasteiger partial charge in [-0.3, -0.25) is 24.6 Å². The Morgan fingerprint density at radius 2 is 1.75 bits per heavy atom. The summed E-state index contributed by atoms with van der Waals surface area (Å²) in [4.78, 5) is 59.2. The van der Waals surface area contributed by atoms with Crippen LogP contribution in [0.5, 0.6) is 5.75 Å². The molecular formula is C47H53N9O5. The number of piperidine rings is 1. The van der Waals surface area contributed by atoms with E-state index in [1.807, 2.05) is 46.8 Å². The summed E-state index contributed by atoms with van der Waals surface area (Å²) in [5.41, 5.74) is 8.53. The number of methoxy groups -OCH3 is 1. The molecule has 5 heterocycles.